The predicted molar refractivity (Wildman–Crippen MR) is 114 cm³/mol. The van der Waals surface area contributed by atoms with Crippen molar-refractivity contribution in [2.24, 2.45) is 0 Å². The van der Waals surface area contributed by atoms with E-state index in [4.69, 9.17) is 0 Å². The first-order valence-corrected chi connectivity index (χ1v) is 11.4. The third kappa shape index (κ3) is 3.96. The van der Waals surface area contributed by atoms with Crippen LogP contribution in [0.25, 0.3) is 10.9 Å². The predicted octanol–water partition coefficient (Wildman–Crippen LogP) is 2.91. The average molecular weight is 410 g/mol. The van der Waals surface area contributed by atoms with Crippen LogP contribution in [0.4, 0.5) is 5.69 Å². The van der Waals surface area contributed by atoms with Crippen LogP contribution in [-0.4, -0.2) is 56.6 Å². The van der Waals surface area contributed by atoms with Crippen LogP contribution in [-0.2, 0) is 9.84 Å². The van der Waals surface area contributed by atoms with Crippen molar-refractivity contribution < 1.29 is 13.2 Å². The first kappa shape index (κ1) is 19.4. The molecule has 1 fully saturated rings. The zero-order chi connectivity index (χ0) is 20.6. The van der Waals surface area contributed by atoms with Gasteiger partial charge in [0.25, 0.3) is 5.91 Å². The molecule has 7 heteroatoms. The molecule has 150 valence electrons. The number of carbonyl (C=O) groups excluding carboxylic acids is 1. The number of hydrogen-bond donors (Lipinski definition) is 0. The number of aryl methyl sites for hydroxylation is 1. The lowest BCUT2D eigenvalue weighted by Gasteiger charge is -2.36. The van der Waals surface area contributed by atoms with Crippen molar-refractivity contribution in [2.75, 3.05) is 37.3 Å². The summed E-state index contributed by atoms with van der Waals surface area (Å²) in [5, 5.41) is 1.11. The summed E-state index contributed by atoms with van der Waals surface area (Å²) in [7, 11) is -3.34. The molecule has 0 bridgehead atoms. The standard InChI is InChI=1S/C22H23N3O3S/c1-16-14-21(19-8-3-4-9-20(19)23-16)24-10-12-25(13-11-24)22(26)17-6-5-7-18(15-17)29(2,27)28/h3-9,14-15H,10-13H2,1-2H3. The Morgan fingerprint density at radius 2 is 1.69 bits per heavy atom. The van der Waals surface area contributed by atoms with E-state index in [1.807, 2.05) is 25.1 Å². The van der Waals surface area contributed by atoms with Gasteiger partial charge in [0.05, 0.1) is 10.4 Å². The van der Waals surface area contributed by atoms with Gasteiger partial charge in [-0.1, -0.05) is 24.3 Å². The normalized spacial score (nSPS) is 15.0. The maximum absolute atomic E-state index is 12.9. The number of amides is 1. The Morgan fingerprint density at radius 1 is 0.966 bits per heavy atom. The second kappa shape index (κ2) is 7.48. The first-order valence-electron chi connectivity index (χ1n) is 9.54. The van der Waals surface area contributed by atoms with Crippen LogP contribution >= 0.6 is 0 Å². The molecular formula is C22H23N3O3S. The molecule has 0 radical (unpaired) electrons. The van der Waals surface area contributed by atoms with Gasteiger partial charge in [0.2, 0.25) is 0 Å². The van der Waals surface area contributed by atoms with Gasteiger partial charge in [-0.25, -0.2) is 8.42 Å². The summed E-state index contributed by atoms with van der Waals surface area (Å²) < 4.78 is 23.6. The lowest BCUT2D eigenvalue weighted by Crippen LogP contribution is -2.48. The second-order valence-corrected chi connectivity index (χ2v) is 9.39. The third-order valence-corrected chi connectivity index (χ3v) is 6.35. The fourth-order valence-corrected chi connectivity index (χ4v) is 4.41. The quantitative estimate of drug-likeness (QED) is 0.665. The molecule has 0 unspecified atom stereocenters. The van der Waals surface area contributed by atoms with Gasteiger partial charge in [0.15, 0.2) is 9.84 Å². The van der Waals surface area contributed by atoms with Gasteiger partial charge in [0.1, 0.15) is 0 Å². The summed E-state index contributed by atoms with van der Waals surface area (Å²) >= 11 is 0. The van der Waals surface area contributed by atoms with Crippen LogP contribution in [0.5, 0.6) is 0 Å². The zero-order valence-electron chi connectivity index (χ0n) is 16.5. The molecule has 1 saturated heterocycles. The summed E-state index contributed by atoms with van der Waals surface area (Å²) in [5.41, 5.74) is 3.49. The Balaban J connectivity index is 1.53. The monoisotopic (exact) mass is 409 g/mol. The number of nitrogens with zero attached hydrogens (tertiary/aromatic N) is 3. The number of anilines is 1. The minimum atomic E-state index is -3.34. The third-order valence-electron chi connectivity index (χ3n) is 5.24. The lowest BCUT2D eigenvalue weighted by molar-refractivity contribution is 0.0746. The lowest BCUT2D eigenvalue weighted by atomic mass is 10.1. The Labute approximate surface area is 170 Å². The topological polar surface area (TPSA) is 70.6 Å². The Hall–Kier alpha value is -2.93. The fourth-order valence-electron chi connectivity index (χ4n) is 3.74. The number of fused-ring (bicyclic) bond motifs is 1. The molecule has 2 heterocycles. The van der Waals surface area contributed by atoms with E-state index in [-0.39, 0.29) is 10.8 Å². The SMILES string of the molecule is Cc1cc(N2CCN(C(=O)c3cccc(S(C)(=O)=O)c3)CC2)c2ccccc2n1. The molecule has 1 aliphatic rings. The van der Waals surface area contributed by atoms with Crippen molar-refractivity contribution in [3.8, 4) is 0 Å². The van der Waals surface area contributed by atoms with Crippen molar-refractivity contribution in [2.45, 2.75) is 11.8 Å². The van der Waals surface area contributed by atoms with Crippen LogP contribution in [0, 0.1) is 6.92 Å². The Bertz CT molecular complexity index is 1180. The highest BCUT2D eigenvalue weighted by molar-refractivity contribution is 7.90. The number of hydrogen-bond acceptors (Lipinski definition) is 5. The number of piperazine rings is 1. The van der Waals surface area contributed by atoms with E-state index in [0.717, 1.165) is 28.5 Å². The van der Waals surface area contributed by atoms with E-state index in [2.05, 4.69) is 22.0 Å². The number of rotatable bonds is 3. The Kier molecular flexibility index (Phi) is 5.00. The van der Waals surface area contributed by atoms with Gasteiger partial charge < -0.3 is 9.80 Å². The summed E-state index contributed by atoms with van der Waals surface area (Å²) in [5.74, 6) is -0.133. The highest BCUT2D eigenvalue weighted by Gasteiger charge is 2.24. The summed E-state index contributed by atoms with van der Waals surface area (Å²) in [4.78, 5) is 21.7. The van der Waals surface area contributed by atoms with E-state index >= 15 is 0 Å². The summed E-state index contributed by atoms with van der Waals surface area (Å²) in [6.45, 7) is 4.58. The number of aromatic nitrogens is 1. The van der Waals surface area contributed by atoms with Crippen molar-refractivity contribution in [1.82, 2.24) is 9.88 Å². The van der Waals surface area contributed by atoms with Gasteiger partial charge in [0, 0.05) is 54.8 Å². The van der Waals surface area contributed by atoms with Gasteiger partial charge in [-0.2, -0.15) is 0 Å². The zero-order valence-corrected chi connectivity index (χ0v) is 17.3. The van der Waals surface area contributed by atoms with Gasteiger partial charge >= 0.3 is 0 Å². The molecule has 1 aliphatic heterocycles. The molecule has 0 N–H and O–H groups in total. The molecule has 0 saturated carbocycles. The molecule has 1 aromatic heterocycles. The number of benzene rings is 2. The Morgan fingerprint density at radius 3 is 2.41 bits per heavy atom. The van der Waals surface area contributed by atoms with Crippen molar-refractivity contribution in [3.63, 3.8) is 0 Å². The maximum Gasteiger partial charge on any atom is 0.254 e. The van der Waals surface area contributed by atoms with Crippen molar-refractivity contribution in [3.05, 3.63) is 65.9 Å². The molecule has 3 aromatic rings. The summed E-state index contributed by atoms with van der Waals surface area (Å²) in [6, 6.07) is 16.4. The van der Waals surface area contributed by atoms with Crippen LogP contribution in [0.15, 0.2) is 59.5 Å². The van der Waals surface area contributed by atoms with E-state index in [1.54, 1.807) is 17.0 Å². The number of para-hydroxylation sites is 1. The maximum atomic E-state index is 12.9. The van der Waals surface area contributed by atoms with E-state index < -0.39 is 9.84 Å². The molecule has 1 amide bonds. The van der Waals surface area contributed by atoms with Gasteiger partial charge in [-0.15, -0.1) is 0 Å². The molecule has 4 rings (SSSR count). The number of pyridine rings is 1. The smallest absolute Gasteiger partial charge is 0.254 e. The van der Waals surface area contributed by atoms with Crippen molar-refractivity contribution >= 4 is 32.3 Å². The minimum Gasteiger partial charge on any atom is -0.367 e. The van der Waals surface area contributed by atoms with E-state index in [1.165, 1.54) is 12.1 Å². The van der Waals surface area contributed by atoms with Crippen LogP contribution in [0.3, 0.4) is 0 Å². The van der Waals surface area contributed by atoms with Gasteiger partial charge in [-0.3, -0.25) is 9.78 Å². The van der Waals surface area contributed by atoms with Crippen LogP contribution in [0.2, 0.25) is 0 Å². The summed E-state index contributed by atoms with van der Waals surface area (Å²) in [6.07, 6.45) is 1.15. The molecule has 0 spiro atoms. The fraction of sp³-hybridized carbons (Fsp3) is 0.273. The highest BCUT2D eigenvalue weighted by atomic mass is 32.2. The largest absolute Gasteiger partial charge is 0.367 e. The molecule has 6 nitrogen and oxygen atoms in total. The van der Waals surface area contributed by atoms with Crippen LogP contribution < -0.4 is 4.90 Å². The molecule has 0 atom stereocenters. The first-order chi connectivity index (χ1) is 13.8. The number of sulfone groups is 1. The van der Waals surface area contributed by atoms with Crippen molar-refractivity contribution in [1.29, 1.82) is 0 Å². The average Bonchev–Trinajstić information content (AvgIpc) is 2.72. The molecule has 29 heavy (non-hydrogen) atoms. The van der Waals surface area contributed by atoms with E-state index in [9.17, 15) is 13.2 Å². The molecule has 2 aromatic carbocycles. The molecular weight excluding hydrogens is 386 g/mol. The van der Waals surface area contributed by atoms with E-state index in [0.29, 0.717) is 31.7 Å². The second-order valence-electron chi connectivity index (χ2n) is 7.38. The van der Waals surface area contributed by atoms with Gasteiger partial charge in [-0.05, 0) is 37.3 Å². The highest BCUT2D eigenvalue weighted by Crippen LogP contribution is 2.28. The number of carbonyl (C=O) groups is 1. The minimum absolute atomic E-state index is 0.133. The molecule has 0 aliphatic carbocycles. The van der Waals surface area contributed by atoms with Crippen LogP contribution in [0.1, 0.15) is 16.1 Å².